The first-order chi connectivity index (χ1) is 15.5. The summed E-state index contributed by atoms with van der Waals surface area (Å²) in [6.07, 6.45) is 3.79. The van der Waals surface area contributed by atoms with Gasteiger partial charge in [0.05, 0.1) is 0 Å². The number of allylic oxidation sites excluding steroid dienone is 6. The van der Waals surface area contributed by atoms with Crippen molar-refractivity contribution in [1.29, 1.82) is 0 Å². The topological polar surface area (TPSA) is 0 Å². The van der Waals surface area contributed by atoms with Crippen molar-refractivity contribution in [3.63, 3.8) is 0 Å². The second kappa shape index (κ2) is 11.3. The Kier molecular flexibility index (Phi) is 10.4. The van der Waals surface area contributed by atoms with Crippen LogP contribution in [0.4, 0.5) is 0 Å². The monoisotopic (exact) mass is 611 g/mol. The number of hydrogen-bond acceptors (Lipinski definition) is 0. The van der Waals surface area contributed by atoms with E-state index in [0.717, 1.165) is 0 Å². The summed E-state index contributed by atoms with van der Waals surface area (Å²) < 4.78 is 0. The molecule has 197 valence electrons. The molecular weight excluding hydrogens is 571 g/mol. The van der Waals surface area contributed by atoms with Gasteiger partial charge in [-0.15, -0.1) is 22.8 Å². The largest absolute Gasteiger partial charge is 3.00 e. The fraction of sp³-hybridized carbons (Fsp3) is 0.471. The molecule has 2 aromatic rings. The molecule has 37 heavy (non-hydrogen) atoms. The van der Waals surface area contributed by atoms with Crippen molar-refractivity contribution in [2.75, 3.05) is 0 Å². The van der Waals surface area contributed by atoms with Crippen LogP contribution in [0.15, 0.2) is 64.3 Å². The fourth-order valence-electron chi connectivity index (χ4n) is 5.65. The summed E-state index contributed by atoms with van der Waals surface area (Å²) in [7, 11) is 0. The van der Waals surface area contributed by atoms with Crippen LogP contribution in [0.3, 0.4) is 0 Å². The summed E-state index contributed by atoms with van der Waals surface area (Å²) >= 11 is 0. The van der Waals surface area contributed by atoms with Gasteiger partial charge in [0.15, 0.2) is 0 Å². The quantitative estimate of drug-likeness (QED) is 0.429. The molecule has 0 aliphatic heterocycles. The minimum absolute atomic E-state index is 0. The third-order valence-corrected chi connectivity index (χ3v) is 7.53. The van der Waals surface area contributed by atoms with Crippen LogP contribution in [0.5, 0.6) is 0 Å². The van der Waals surface area contributed by atoms with E-state index in [1.165, 1.54) is 61.2 Å². The van der Waals surface area contributed by atoms with Crippen LogP contribution in [0, 0.1) is 11.5 Å². The Balaban J connectivity index is 0.00000228. The van der Waals surface area contributed by atoms with Gasteiger partial charge in [0.25, 0.3) is 0 Å². The van der Waals surface area contributed by atoms with E-state index in [4.69, 9.17) is 0 Å². The molecule has 2 aliphatic carbocycles. The molecule has 0 atom stereocenters. The second-order valence-electron chi connectivity index (χ2n) is 13.7. The minimum atomic E-state index is 0. The predicted octanol–water partition coefficient (Wildman–Crippen LogP) is 3.84. The minimum Gasteiger partial charge on any atom is -1.00 e. The van der Waals surface area contributed by atoms with E-state index in [2.05, 4.69) is 126 Å². The van der Waals surface area contributed by atoms with Gasteiger partial charge >= 0.3 is 26.2 Å². The van der Waals surface area contributed by atoms with Gasteiger partial charge in [0.1, 0.15) is 0 Å². The number of hydrogen-bond donors (Lipinski definition) is 0. The molecule has 0 saturated heterocycles. The van der Waals surface area contributed by atoms with Crippen LogP contribution in [0.2, 0.25) is 0 Å². The molecular formula is C34H43Cl2Zr. The Hall–Kier alpha value is -0.877. The van der Waals surface area contributed by atoms with Crippen LogP contribution < -0.4 is 24.8 Å². The smallest absolute Gasteiger partial charge is 1.00 e. The van der Waals surface area contributed by atoms with Crippen LogP contribution >= 0.6 is 0 Å². The van der Waals surface area contributed by atoms with Gasteiger partial charge in [0.2, 0.25) is 0 Å². The zero-order valence-corrected chi connectivity index (χ0v) is 28.8. The standard InChI is InChI=1S/C34H43.2ClH.Zr/c1-20(2)26-17-21(3)29(31(26)34(10,11)12)30-24-15-13-22(32(4,5)6)18-27(24)28-19-23(33(7,8)9)14-16-25(28)30;;;/h13-16,18-19,30H,1-12H3;2*1H;/q-1;;;+3/p-2. The molecule has 0 spiro atoms. The summed E-state index contributed by atoms with van der Waals surface area (Å²) in [5, 5.41) is 0. The van der Waals surface area contributed by atoms with Gasteiger partial charge < -0.3 is 24.8 Å². The van der Waals surface area contributed by atoms with E-state index in [-0.39, 0.29) is 73.2 Å². The molecule has 0 N–H and O–H groups in total. The zero-order chi connectivity index (χ0) is 25.4. The molecule has 0 heterocycles. The molecule has 0 saturated carbocycles. The van der Waals surface area contributed by atoms with Crippen molar-refractivity contribution in [3.05, 3.63) is 92.6 Å². The molecule has 0 unspecified atom stereocenters. The van der Waals surface area contributed by atoms with Gasteiger partial charge in [-0.05, 0) is 50.1 Å². The number of benzene rings is 2. The third-order valence-electron chi connectivity index (χ3n) is 7.53. The van der Waals surface area contributed by atoms with Crippen LogP contribution in [0.1, 0.15) is 111 Å². The molecule has 0 nitrogen and oxygen atoms in total. The van der Waals surface area contributed by atoms with Gasteiger partial charge in [-0.25, -0.2) is 0 Å². The van der Waals surface area contributed by atoms with Gasteiger partial charge in [-0.2, -0.15) is 11.1 Å². The summed E-state index contributed by atoms with van der Waals surface area (Å²) in [6.45, 7) is 27.7. The molecule has 0 amide bonds. The van der Waals surface area contributed by atoms with E-state index in [0.29, 0.717) is 0 Å². The SMILES string of the molecule is CC1=[C-]C(=C(C)C)C(C(C)(C)C)=C1C1c2ccc(C(C)(C)C)cc2-c2cc(C(C)(C)C)ccc21.[Cl-].[Cl-].[Zr+3]. The zero-order valence-electron chi connectivity index (χ0n) is 24.8. The summed E-state index contributed by atoms with van der Waals surface area (Å²) in [4.78, 5) is 0. The normalized spacial score (nSPS) is 15.4. The molecule has 2 aliphatic rings. The number of rotatable bonds is 1. The maximum Gasteiger partial charge on any atom is 3.00 e. The molecule has 0 aromatic heterocycles. The molecule has 1 radical (unpaired) electrons. The number of fused-ring (bicyclic) bond motifs is 3. The van der Waals surface area contributed by atoms with Crippen molar-refractivity contribution in [1.82, 2.24) is 0 Å². The predicted molar refractivity (Wildman–Crippen MR) is 148 cm³/mol. The Labute approximate surface area is 258 Å². The van der Waals surface area contributed by atoms with Crippen LogP contribution in [0.25, 0.3) is 11.1 Å². The average molecular weight is 614 g/mol. The van der Waals surface area contributed by atoms with Crippen molar-refractivity contribution in [3.8, 4) is 11.1 Å². The first kappa shape index (κ1) is 34.2. The average Bonchev–Trinajstić information content (AvgIpc) is 3.20. The van der Waals surface area contributed by atoms with Crippen molar-refractivity contribution < 1.29 is 51.0 Å². The van der Waals surface area contributed by atoms with Gasteiger partial charge in [-0.1, -0.05) is 125 Å². The van der Waals surface area contributed by atoms with Crippen LogP contribution in [-0.4, -0.2) is 0 Å². The fourth-order valence-corrected chi connectivity index (χ4v) is 5.65. The van der Waals surface area contributed by atoms with Crippen LogP contribution in [-0.2, 0) is 37.0 Å². The molecule has 0 bridgehead atoms. The molecule has 4 rings (SSSR count). The van der Waals surface area contributed by atoms with E-state index in [1.54, 1.807) is 0 Å². The van der Waals surface area contributed by atoms with Crippen molar-refractivity contribution >= 4 is 0 Å². The Morgan fingerprint density at radius 1 is 0.676 bits per heavy atom. The van der Waals surface area contributed by atoms with E-state index < -0.39 is 0 Å². The summed E-state index contributed by atoms with van der Waals surface area (Å²) in [6, 6.07) is 14.5. The first-order valence-corrected chi connectivity index (χ1v) is 12.8. The molecule has 0 fully saturated rings. The summed E-state index contributed by atoms with van der Waals surface area (Å²) in [5.74, 6) is 0.256. The first-order valence-electron chi connectivity index (χ1n) is 12.8. The van der Waals surface area contributed by atoms with Gasteiger partial charge in [0, 0.05) is 0 Å². The van der Waals surface area contributed by atoms with E-state index in [1.807, 2.05) is 0 Å². The second-order valence-corrected chi connectivity index (χ2v) is 13.7. The molecule has 2 aromatic carbocycles. The summed E-state index contributed by atoms with van der Waals surface area (Å²) in [5.41, 5.74) is 15.7. The maximum absolute atomic E-state index is 3.79. The van der Waals surface area contributed by atoms with Crippen molar-refractivity contribution in [2.24, 2.45) is 5.41 Å². The van der Waals surface area contributed by atoms with Crippen molar-refractivity contribution in [2.45, 2.75) is 99.8 Å². The van der Waals surface area contributed by atoms with Gasteiger partial charge in [-0.3, -0.25) is 0 Å². The Morgan fingerprint density at radius 2 is 1.08 bits per heavy atom. The Bertz CT molecular complexity index is 1200. The Morgan fingerprint density at radius 3 is 1.41 bits per heavy atom. The third kappa shape index (κ3) is 6.16. The molecule has 3 heteroatoms. The van der Waals surface area contributed by atoms with E-state index in [9.17, 15) is 0 Å². The maximum atomic E-state index is 3.79. The van der Waals surface area contributed by atoms with E-state index >= 15 is 0 Å². The number of halogens is 2.